The highest BCUT2D eigenvalue weighted by Crippen LogP contribution is 2.32. The van der Waals surface area contributed by atoms with Gasteiger partial charge in [0.25, 0.3) is 0 Å². The molecule has 1 aromatic rings. The van der Waals surface area contributed by atoms with E-state index in [1.54, 1.807) is 12.1 Å². The SMILES string of the molecule is O=C1CN(C(=O)/C=C/c2ccc3c(c2)OCO3)CCN1. The van der Waals surface area contributed by atoms with E-state index in [1.807, 2.05) is 12.1 Å². The molecule has 2 heterocycles. The van der Waals surface area contributed by atoms with Crippen molar-refractivity contribution in [2.75, 3.05) is 26.4 Å². The minimum atomic E-state index is -0.169. The number of amides is 2. The zero-order valence-electron chi connectivity index (χ0n) is 10.8. The Labute approximate surface area is 116 Å². The standard InChI is InChI=1S/C14H14N2O4/c17-13-8-16(6-5-15-13)14(18)4-2-10-1-3-11-12(7-10)20-9-19-11/h1-4,7H,5-6,8-9H2,(H,15,17)/b4-2+. The van der Waals surface area contributed by atoms with Crippen molar-refractivity contribution in [3.8, 4) is 11.5 Å². The van der Waals surface area contributed by atoms with E-state index in [1.165, 1.54) is 11.0 Å². The second-order valence-corrected chi connectivity index (χ2v) is 4.56. The number of benzene rings is 1. The molecule has 0 atom stereocenters. The molecule has 20 heavy (non-hydrogen) atoms. The Morgan fingerprint density at radius 2 is 2.15 bits per heavy atom. The predicted octanol–water partition coefficient (Wildman–Crippen LogP) is 0.387. The van der Waals surface area contributed by atoms with E-state index < -0.39 is 0 Å². The molecule has 1 fully saturated rings. The van der Waals surface area contributed by atoms with Gasteiger partial charge in [0.2, 0.25) is 18.6 Å². The highest BCUT2D eigenvalue weighted by Gasteiger charge is 2.19. The number of ether oxygens (including phenoxy) is 2. The fraction of sp³-hybridized carbons (Fsp3) is 0.286. The normalized spacial score (nSPS) is 17.4. The lowest BCUT2D eigenvalue weighted by atomic mass is 10.2. The molecule has 0 bridgehead atoms. The maximum Gasteiger partial charge on any atom is 0.247 e. The maximum absolute atomic E-state index is 12.0. The number of nitrogens with one attached hydrogen (secondary N) is 1. The number of rotatable bonds is 2. The topological polar surface area (TPSA) is 67.9 Å². The molecule has 2 amide bonds. The fourth-order valence-electron chi connectivity index (χ4n) is 2.12. The third kappa shape index (κ3) is 2.59. The van der Waals surface area contributed by atoms with E-state index in [9.17, 15) is 9.59 Å². The van der Waals surface area contributed by atoms with Crippen LogP contribution in [0.4, 0.5) is 0 Å². The molecule has 2 aliphatic rings. The Hall–Kier alpha value is -2.50. The van der Waals surface area contributed by atoms with E-state index in [4.69, 9.17) is 9.47 Å². The molecular formula is C14H14N2O4. The van der Waals surface area contributed by atoms with Crippen LogP contribution >= 0.6 is 0 Å². The quantitative estimate of drug-likeness (QED) is 0.792. The first-order chi connectivity index (χ1) is 9.72. The Kier molecular flexibility index (Phi) is 3.28. The third-order valence-corrected chi connectivity index (χ3v) is 3.17. The summed E-state index contributed by atoms with van der Waals surface area (Å²) < 4.78 is 10.5. The van der Waals surface area contributed by atoms with Crippen LogP contribution in [-0.2, 0) is 9.59 Å². The van der Waals surface area contributed by atoms with Crippen molar-refractivity contribution in [2.45, 2.75) is 0 Å². The molecule has 104 valence electrons. The van der Waals surface area contributed by atoms with E-state index >= 15 is 0 Å². The van der Waals surface area contributed by atoms with Crippen LogP contribution in [0.1, 0.15) is 5.56 Å². The number of hydrogen-bond acceptors (Lipinski definition) is 4. The Bertz CT molecular complexity index is 583. The lowest BCUT2D eigenvalue weighted by molar-refractivity contribution is -0.134. The molecular weight excluding hydrogens is 260 g/mol. The van der Waals surface area contributed by atoms with Gasteiger partial charge in [-0.05, 0) is 23.8 Å². The first kappa shape index (κ1) is 12.5. The minimum absolute atomic E-state index is 0.115. The molecule has 6 heteroatoms. The summed E-state index contributed by atoms with van der Waals surface area (Å²) in [6.07, 6.45) is 3.17. The summed E-state index contributed by atoms with van der Waals surface area (Å²) in [7, 11) is 0. The van der Waals surface area contributed by atoms with Crippen molar-refractivity contribution in [3.05, 3.63) is 29.8 Å². The van der Waals surface area contributed by atoms with Crippen molar-refractivity contribution in [1.29, 1.82) is 0 Å². The summed E-state index contributed by atoms with van der Waals surface area (Å²) >= 11 is 0. The molecule has 2 aliphatic heterocycles. The van der Waals surface area contributed by atoms with Gasteiger partial charge in [-0.25, -0.2) is 0 Å². The largest absolute Gasteiger partial charge is 0.454 e. The van der Waals surface area contributed by atoms with Crippen LogP contribution in [0, 0.1) is 0 Å². The Balaban J connectivity index is 1.67. The third-order valence-electron chi connectivity index (χ3n) is 3.17. The number of carbonyl (C=O) groups excluding carboxylic acids is 2. The molecule has 0 spiro atoms. The molecule has 1 saturated heterocycles. The van der Waals surface area contributed by atoms with Gasteiger partial charge in [0.1, 0.15) is 0 Å². The Morgan fingerprint density at radius 1 is 1.30 bits per heavy atom. The first-order valence-electron chi connectivity index (χ1n) is 6.36. The minimum Gasteiger partial charge on any atom is -0.454 e. The van der Waals surface area contributed by atoms with Gasteiger partial charge in [0.05, 0.1) is 6.54 Å². The number of nitrogens with zero attached hydrogens (tertiary/aromatic N) is 1. The van der Waals surface area contributed by atoms with E-state index in [2.05, 4.69) is 5.32 Å². The van der Waals surface area contributed by atoms with Crippen LogP contribution in [0.25, 0.3) is 6.08 Å². The molecule has 0 unspecified atom stereocenters. The van der Waals surface area contributed by atoms with Crippen molar-refractivity contribution < 1.29 is 19.1 Å². The number of piperazine rings is 1. The zero-order chi connectivity index (χ0) is 13.9. The van der Waals surface area contributed by atoms with Gasteiger partial charge in [0.15, 0.2) is 11.5 Å². The van der Waals surface area contributed by atoms with Crippen molar-refractivity contribution >= 4 is 17.9 Å². The molecule has 0 aromatic heterocycles. The second kappa shape index (κ2) is 5.24. The van der Waals surface area contributed by atoms with Gasteiger partial charge in [-0.3, -0.25) is 9.59 Å². The Morgan fingerprint density at radius 3 is 3.00 bits per heavy atom. The summed E-state index contributed by atoms with van der Waals surface area (Å²) in [5.41, 5.74) is 0.851. The molecule has 3 rings (SSSR count). The van der Waals surface area contributed by atoms with Crippen molar-refractivity contribution in [3.63, 3.8) is 0 Å². The second-order valence-electron chi connectivity index (χ2n) is 4.56. The molecule has 0 aliphatic carbocycles. The van der Waals surface area contributed by atoms with Gasteiger partial charge in [-0.2, -0.15) is 0 Å². The fourth-order valence-corrected chi connectivity index (χ4v) is 2.12. The monoisotopic (exact) mass is 274 g/mol. The smallest absolute Gasteiger partial charge is 0.247 e. The number of hydrogen-bond donors (Lipinski definition) is 1. The van der Waals surface area contributed by atoms with Crippen LogP contribution in [0.3, 0.4) is 0 Å². The summed E-state index contributed by atoms with van der Waals surface area (Å²) in [6.45, 7) is 1.38. The molecule has 1 aromatic carbocycles. The molecule has 0 saturated carbocycles. The van der Waals surface area contributed by atoms with Gasteiger partial charge < -0.3 is 19.7 Å². The summed E-state index contributed by atoms with van der Waals surface area (Å²) in [5.74, 6) is 1.09. The lowest BCUT2D eigenvalue weighted by Crippen LogP contribution is -2.49. The van der Waals surface area contributed by atoms with Crippen LogP contribution in [0.2, 0.25) is 0 Å². The summed E-state index contributed by atoms with van der Waals surface area (Å²) in [4.78, 5) is 24.7. The van der Waals surface area contributed by atoms with E-state index in [0.29, 0.717) is 24.6 Å². The van der Waals surface area contributed by atoms with Gasteiger partial charge in [-0.15, -0.1) is 0 Å². The molecule has 1 N–H and O–H groups in total. The van der Waals surface area contributed by atoms with E-state index in [0.717, 1.165) is 5.56 Å². The van der Waals surface area contributed by atoms with Crippen molar-refractivity contribution in [2.24, 2.45) is 0 Å². The van der Waals surface area contributed by atoms with Gasteiger partial charge >= 0.3 is 0 Å². The lowest BCUT2D eigenvalue weighted by Gasteiger charge is -2.25. The highest BCUT2D eigenvalue weighted by atomic mass is 16.7. The number of carbonyl (C=O) groups is 2. The predicted molar refractivity (Wildman–Crippen MR) is 71.2 cm³/mol. The highest BCUT2D eigenvalue weighted by molar-refractivity contribution is 5.95. The van der Waals surface area contributed by atoms with E-state index in [-0.39, 0.29) is 25.2 Å². The van der Waals surface area contributed by atoms with Gasteiger partial charge in [-0.1, -0.05) is 6.07 Å². The molecule has 6 nitrogen and oxygen atoms in total. The maximum atomic E-state index is 12.0. The molecule has 0 radical (unpaired) electrons. The summed E-state index contributed by atoms with van der Waals surface area (Å²) in [5, 5.41) is 2.68. The average Bonchev–Trinajstić information content (AvgIpc) is 2.92. The van der Waals surface area contributed by atoms with Gasteiger partial charge in [0, 0.05) is 19.2 Å². The van der Waals surface area contributed by atoms with Crippen LogP contribution in [-0.4, -0.2) is 43.1 Å². The van der Waals surface area contributed by atoms with Crippen LogP contribution in [0.15, 0.2) is 24.3 Å². The van der Waals surface area contributed by atoms with Crippen LogP contribution in [0.5, 0.6) is 11.5 Å². The summed E-state index contributed by atoms with van der Waals surface area (Å²) in [6, 6.07) is 5.47. The van der Waals surface area contributed by atoms with Crippen molar-refractivity contribution in [1.82, 2.24) is 10.2 Å². The van der Waals surface area contributed by atoms with Crippen LogP contribution < -0.4 is 14.8 Å². The first-order valence-corrected chi connectivity index (χ1v) is 6.36. The zero-order valence-corrected chi connectivity index (χ0v) is 10.8. The average molecular weight is 274 g/mol. The number of fused-ring (bicyclic) bond motifs is 1.